The number of aryl methyl sites for hydroxylation is 3. The van der Waals surface area contributed by atoms with E-state index in [0.29, 0.717) is 17.4 Å². The highest BCUT2D eigenvalue weighted by Crippen LogP contribution is 2.25. The van der Waals surface area contributed by atoms with Gasteiger partial charge in [-0.3, -0.25) is 0 Å². The van der Waals surface area contributed by atoms with Crippen molar-refractivity contribution in [2.45, 2.75) is 39.2 Å². The van der Waals surface area contributed by atoms with Gasteiger partial charge in [0.05, 0.1) is 18.3 Å². The second-order valence-corrected chi connectivity index (χ2v) is 5.58. The average molecular weight is 302 g/mol. The molecule has 0 saturated carbocycles. The summed E-state index contributed by atoms with van der Waals surface area (Å²) in [5.41, 5.74) is 9.01. The number of thiocarbonyl (C=S) groups is 1. The van der Waals surface area contributed by atoms with Gasteiger partial charge in [0.2, 0.25) is 5.89 Å². The molecule has 3 N–H and O–H groups in total. The van der Waals surface area contributed by atoms with Gasteiger partial charge in [0.15, 0.2) is 0 Å². The summed E-state index contributed by atoms with van der Waals surface area (Å²) in [6.45, 7) is 2.51. The predicted octanol–water partition coefficient (Wildman–Crippen LogP) is 2.37. The Balaban J connectivity index is 1.82. The van der Waals surface area contributed by atoms with E-state index in [2.05, 4.69) is 21.4 Å². The number of nitrogens with one attached hydrogen (secondary N) is 1. The molecule has 0 radical (unpaired) electrons. The monoisotopic (exact) mass is 302 g/mol. The van der Waals surface area contributed by atoms with Gasteiger partial charge in [0.1, 0.15) is 16.6 Å². The first-order chi connectivity index (χ1) is 10.2. The third-order valence-corrected chi connectivity index (χ3v) is 3.89. The minimum absolute atomic E-state index is 0.362. The van der Waals surface area contributed by atoms with E-state index < -0.39 is 0 Å². The molecule has 2 aromatic heterocycles. The Morgan fingerprint density at radius 2 is 2.33 bits per heavy atom. The van der Waals surface area contributed by atoms with Gasteiger partial charge in [-0.2, -0.15) is 0 Å². The van der Waals surface area contributed by atoms with Crippen LogP contribution >= 0.6 is 12.2 Å². The van der Waals surface area contributed by atoms with Gasteiger partial charge in [-0.05, 0) is 30.9 Å². The number of hydrogen-bond donors (Lipinski definition) is 2. The quantitative estimate of drug-likeness (QED) is 0.826. The molecule has 110 valence electrons. The first-order valence-corrected chi connectivity index (χ1v) is 7.58. The van der Waals surface area contributed by atoms with Crippen LogP contribution in [-0.2, 0) is 25.8 Å². The molecule has 6 heteroatoms. The number of fused-ring (bicyclic) bond motifs is 1. The zero-order valence-electron chi connectivity index (χ0n) is 12.0. The molecule has 0 bridgehead atoms. The van der Waals surface area contributed by atoms with Crippen molar-refractivity contribution in [2.75, 3.05) is 5.32 Å². The average Bonchev–Trinajstić information content (AvgIpc) is 3.12. The maximum atomic E-state index is 5.82. The highest BCUT2D eigenvalue weighted by atomic mass is 32.1. The normalized spacial score (nSPS) is 13.2. The summed E-state index contributed by atoms with van der Waals surface area (Å²) in [7, 11) is 0. The highest BCUT2D eigenvalue weighted by molar-refractivity contribution is 7.80. The van der Waals surface area contributed by atoms with Gasteiger partial charge < -0.3 is 15.5 Å². The van der Waals surface area contributed by atoms with Gasteiger partial charge in [0.25, 0.3) is 0 Å². The molecule has 21 heavy (non-hydrogen) atoms. The predicted molar refractivity (Wildman–Crippen MR) is 85.4 cm³/mol. The first-order valence-electron chi connectivity index (χ1n) is 7.17. The van der Waals surface area contributed by atoms with Gasteiger partial charge in [-0.15, -0.1) is 0 Å². The number of nitrogens with zero attached hydrogens (tertiary/aromatic N) is 2. The molecule has 0 amide bonds. The van der Waals surface area contributed by atoms with E-state index in [9.17, 15) is 0 Å². The number of nitrogens with two attached hydrogens (primary N) is 1. The van der Waals surface area contributed by atoms with Crippen LogP contribution in [0.2, 0.25) is 0 Å². The lowest BCUT2D eigenvalue weighted by Gasteiger charge is -2.11. The highest BCUT2D eigenvalue weighted by Gasteiger charge is 2.17. The summed E-state index contributed by atoms with van der Waals surface area (Å²) >= 11 is 5.13. The summed E-state index contributed by atoms with van der Waals surface area (Å²) in [6, 6.07) is 2.06. The molecule has 2 heterocycles. The Bertz CT molecular complexity index is 680. The van der Waals surface area contributed by atoms with Crippen LogP contribution in [0, 0.1) is 0 Å². The maximum absolute atomic E-state index is 5.82. The molecule has 2 aromatic rings. The van der Waals surface area contributed by atoms with Crippen LogP contribution in [0.5, 0.6) is 0 Å². The van der Waals surface area contributed by atoms with Crippen LogP contribution in [0.3, 0.4) is 0 Å². The van der Waals surface area contributed by atoms with Gasteiger partial charge >= 0.3 is 0 Å². The fourth-order valence-corrected chi connectivity index (χ4v) is 2.70. The van der Waals surface area contributed by atoms with Crippen LogP contribution in [0.25, 0.3) is 0 Å². The molecular weight excluding hydrogens is 284 g/mol. The molecule has 5 nitrogen and oxygen atoms in total. The van der Waals surface area contributed by atoms with Crippen molar-refractivity contribution in [3.63, 3.8) is 0 Å². The number of oxazole rings is 1. The summed E-state index contributed by atoms with van der Waals surface area (Å²) < 4.78 is 5.58. The molecular formula is C15H18N4OS. The van der Waals surface area contributed by atoms with Crippen LogP contribution in [0.1, 0.15) is 41.8 Å². The standard InChI is InChI=1S/C15H18N4OS/c1-2-10-7-17-13(20-10)8-18-15-11(14(16)21)6-9-4-3-5-12(9)19-15/h6-7H,2-5,8H2,1H3,(H2,16,21)(H,18,19). The minimum atomic E-state index is 0.362. The van der Waals surface area contributed by atoms with Crippen molar-refractivity contribution in [2.24, 2.45) is 5.73 Å². The number of rotatable bonds is 5. The second kappa shape index (κ2) is 5.81. The van der Waals surface area contributed by atoms with Crippen molar-refractivity contribution in [3.8, 4) is 0 Å². The van der Waals surface area contributed by atoms with E-state index in [-0.39, 0.29) is 0 Å². The van der Waals surface area contributed by atoms with Crippen molar-refractivity contribution in [1.82, 2.24) is 9.97 Å². The number of aromatic nitrogens is 2. The minimum Gasteiger partial charge on any atom is -0.444 e. The second-order valence-electron chi connectivity index (χ2n) is 5.14. The zero-order chi connectivity index (χ0) is 14.8. The van der Waals surface area contributed by atoms with Gasteiger partial charge in [0, 0.05) is 12.1 Å². The molecule has 0 unspecified atom stereocenters. The molecule has 0 aromatic carbocycles. The Hall–Kier alpha value is -1.95. The van der Waals surface area contributed by atoms with Crippen molar-refractivity contribution in [1.29, 1.82) is 0 Å². The lowest BCUT2D eigenvalue weighted by atomic mass is 10.1. The van der Waals surface area contributed by atoms with Crippen molar-refractivity contribution >= 4 is 23.0 Å². The molecule has 0 aliphatic heterocycles. The SMILES string of the molecule is CCc1cnc(CNc2nc3c(cc2C(N)=S)CCC3)o1. The number of pyridine rings is 1. The Kier molecular flexibility index (Phi) is 3.88. The molecule has 0 fully saturated rings. The Morgan fingerprint density at radius 1 is 1.48 bits per heavy atom. The summed E-state index contributed by atoms with van der Waals surface area (Å²) in [5.74, 6) is 2.24. The molecule has 0 atom stereocenters. The lowest BCUT2D eigenvalue weighted by Crippen LogP contribution is -2.15. The van der Waals surface area contributed by atoms with Crippen LogP contribution < -0.4 is 11.1 Å². The molecule has 0 spiro atoms. The fourth-order valence-electron chi connectivity index (χ4n) is 2.55. The fraction of sp³-hybridized carbons (Fsp3) is 0.400. The van der Waals surface area contributed by atoms with Crippen LogP contribution in [0.4, 0.5) is 5.82 Å². The Morgan fingerprint density at radius 3 is 3.05 bits per heavy atom. The number of hydrogen-bond acceptors (Lipinski definition) is 5. The lowest BCUT2D eigenvalue weighted by molar-refractivity contribution is 0.465. The molecule has 3 rings (SSSR count). The third kappa shape index (κ3) is 2.90. The molecule has 1 aliphatic rings. The Labute approximate surface area is 129 Å². The summed E-state index contributed by atoms with van der Waals surface area (Å²) in [4.78, 5) is 9.26. The zero-order valence-corrected chi connectivity index (χ0v) is 12.8. The van der Waals surface area contributed by atoms with E-state index in [0.717, 1.165) is 48.5 Å². The van der Waals surface area contributed by atoms with E-state index in [4.69, 9.17) is 22.4 Å². The van der Waals surface area contributed by atoms with E-state index >= 15 is 0 Å². The molecule has 1 aliphatic carbocycles. The van der Waals surface area contributed by atoms with Crippen molar-refractivity contribution in [3.05, 3.63) is 40.7 Å². The smallest absolute Gasteiger partial charge is 0.213 e. The van der Waals surface area contributed by atoms with Crippen LogP contribution in [0.15, 0.2) is 16.7 Å². The maximum Gasteiger partial charge on any atom is 0.213 e. The first kappa shape index (κ1) is 14.0. The van der Waals surface area contributed by atoms with Crippen molar-refractivity contribution < 1.29 is 4.42 Å². The van der Waals surface area contributed by atoms with E-state index in [1.54, 1.807) is 6.20 Å². The van der Waals surface area contributed by atoms with Crippen LogP contribution in [-0.4, -0.2) is 15.0 Å². The topological polar surface area (TPSA) is 77.0 Å². The van der Waals surface area contributed by atoms with E-state index in [1.165, 1.54) is 5.56 Å². The van der Waals surface area contributed by atoms with E-state index in [1.807, 2.05) is 6.92 Å². The van der Waals surface area contributed by atoms with Gasteiger partial charge in [-0.25, -0.2) is 9.97 Å². The summed E-state index contributed by atoms with van der Waals surface area (Å²) in [6.07, 6.45) is 5.80. The molecule has 0 saturated heterocycles. The number of anilines is 1. The largest absolute Gasteiger partial charge is 0.444 e. The third-order valence-electron chi connectivity index (χ3n) is 3.67. The van der Waals surface area contributed by atoms with Gasteiger partial charge in [-0.1, -0.05) is 19.1 Å². The summed E-state index contributed by atoms with van der Waals surface area (Å²) in [5, 5.41) is 3.24.